The Hall–Kier alpha value is -1.19. The van der Waals surface area contributed by atoms with Crippen LogP contribution >= 0.6 is 23.4 Å². The quantitative estimate of drug-likeness (QED) is 0.825. The van der Waals surface area contributed by atoms with E-state index in [-0.39, 0.29) is 0 Å². The highest BCUT2D eigenvalue weighted by Gasteiger charge is 2.01. The second-order valence-electron chi connectivity index (χ2n) is 3.48. The first-order chi connectivity index (χ1) is 7.63. The number of nitrogens with zero attached hydrogens (tertiary/aromatic N) is 1. The molecule has 0 radical (unpaired) electrons. The van der Waals surface area contributed by atoms with E-state index in [1.165, 1.54) is 5.56 Å². The van der Waals surface area contributed by atoms with Gasteiger partial charge in [-0.15, -0.1) is 0 Å². The predicted octanol–water partition coefficient (Wildman–Crippen LogP) is 3.78. The van der Waals surface area contributed by atoms with Gasteiger partial charge in [-0.3, -0.25) is 0 Å². The second kappa shape index (κ2) is 4.76. The zero-order chi connectivity index (χ0) is 11.5. The first-order valence-corrected chi connectivity index (χ1v) is 6.00. The van der Waals surface area contributed by atoms with Gasteiger partial charge in [0.2, 0.25) is 0 Å². The number of hydrogen-bond donors (Lipinski definition) is 1. The fraction of sp³-hybridized carbons (Fsp3) is 0.0833. The molecule has 1 heterocycles. The Balaban J connectivity index is 2.23. The van der Waals surface area contributed by atoms with Crippen molar-refractivity contribution in [2.75, 3.05) is 5.73 Å². The van der Waals surface area contributed by atoms with Crippen molar-refractivity contribution in [3.63, 3.8) is 0 Å². The van der Waals surface area contributed by atoms with Crippen molar-refractivity contribution in [3.05, 3.63) is 47.1 Å². The Kier molecular flexibility index (Phi) is 3.36. The van der Waals surface area contributed by atoms with Crippen molar-refractivity contribution >= 4 is 29.1 Å². The van der Waals surface area contributed by atoms with Gasteiger partial charge in [0.1, 0.15) is 10.2 Å². The maximum absolute atomic E-state index is 5.84. The third kappa shape index (κ3) is 2.90. The van der Waals surface area contributed by atoms with Crippen LogP contribution in [0.5, 0.6) is 0 Å². The van der Waals surface area contributed by atoms with Crippen LogP contribution in [0.25, 0.3) is 0 Å². The average Bonchev–Trinajstić information content (AvgIpc) is 2.20. The molecule has 2 rings (SSSR count). The molecule has 0 atom stereocenters. The molecule has 0 amide bonds. The number of benzene rings is 1. The van der Waals surface area contributed by atoms with Crippen molar-refractivity contribution in [2.24, 2.45) is 0 Å². The molecular weight excluding hydrogens is 240 g/mol. The van der Waals surface area contributed by atoms with E-state index >= 15 is 0 Å². The van der Waals surface area contributed by atoms with Gasteiger partial charge in [-0.2, -0.15) is 0 Å². The third-order valence-electron chi connectivity index (χ3n) is 2.04. The predicted molar refractivity (Wildman–Crippen MR) is 69.0 cm³/mol. The van der Waals surface area contributed by atoms with E-state index in [2.05, 4.69) is 36.2 Å². The van der Waals surface area contributed by atoms with Gasteiger partial charge in [-0.25, -0.2) is 4.98 Å². The topological polar surface area (TPSA) is 38.9 Å². The molecule has 2 nitrogen and oxygen atoms in total. The number of nitrogens with two attached hydrogens (primary N) is 1. The number of pyridine rings is 1. The van der Waals surface area contributed by atoms with Crippen molar-refractivity contribution in [1.29, 1.82) is 0 Å². The Morgan fingerprint density at radius 3 is 2.50 bits per heavy atom. The van der Waals surface area contributed by atoms with Crippen molar-refractivity contribution in [3.8, 4) is 0 Å². The van der Waals surface area contributed by atoms with Crippen LogP contribution in [-0.2, 0) is 0 Å². The molecule has 4 heteroatoms. The Morgan fingerprint density at radius 1 is 1.19 bits per heavy atom. The number of anilines is 1. The van der Waals surface area contributed by atoms with Gasteiger partial charge in [0.25, 0.3) is 0 Å². The summed E-state index contributed by atoms with van der Waals surface area (Å²) in [6.07, 6.45) is 0. The van der Waals surface area contributed by atoms with Crippen LogP contribution in [0, 0.1) is 6.92 Å². The molecule has 82 valence electrons. The molecule has 1 aromatic heterocycles. The van der Waals surface area contributed by atoms with Gasteiger partial charge >= 0.3 is 0 Å². The smallest absolute Gasteiger partial charge is 0.132 e. The molecule has 16 heavy (non-hydrogen) atoms. The van der Waals surface area contributed by atoms with Gasteiger partial charge in [0.15, 0.2) is 0 Å². The van der Waals surface area contributed by atoms with Crippen LogP contribution in [0.3, 0.4) is 0 Å². The molecule has 2 N–H and O–H groups in total. The molecule has 0 unspecified atom stereocenters. The fourth-order valence-electron chi connectivity index (χ4n) is 1.27. The lowest BCUT2D eigenvalue weighted by molar-refractivity contribution is 1.13. The van der Waals surface area contributed by atoms with Crippen LogP contribution < -0.4 is 5.73 Å². The summed E-state index contributed by atoms with van der Waals surface area (Å²) in [7, 11) is 0. The molecule has 2 aromatic rings. The normalized spacial score (nSPS) is 10.4. The highest BCUT2D eigenvalue weighted by Crippen LogP contribution is 2.28. The maximum atomic E-state index is 5.84. The van der Waals surface area contributed by atoms with E-state index in [1.807, 2.05) is 6.07 Å². The number of aromatic nitrogens is 1. The SMILES string of the molecule is Cc1ccc(Sc2cc(N)cc(Cl)n2)cc1. The maximum Gasteiger partial charge on any atom is 0.132 e. The van der Waals surface area contributed by atoms with Crippen molar-refractivity contribution in [1.82, 2.24) is 4.98 Å². The zero-order valence-electron chi connectivity index (χ0n) is 8.77. The summed E-state index contributed by atoms with van der Waals surface area (Å²) in [6.45, 7) is 2.06. The van der Waals surface area contributed by atoms with E-state index in [0.717, 1.165) is 9.92 Å². The minimum Gasteiger partial charge on any atom is -0.399 e. The van der Waals surface area contributed by atoms with Gasteiger partial charge in [-0.1, -0.05) is 41.1 Å². The largest absolute Gasteiger partial charge is 0.399 e. The fourth-order valence-corrected chi connectivity index (χ4v) is 2.39. The van der Waals surface area contributed by atoms with Crippen LogP contribution in [0.1, 0.15) is 5.56 Å². The van der Waals surface area contributed by atoms with Crippen molar-refractivity contribution in [2.45, 2.75) is 16.8 Å². The van der Waals surface area contributed by atoms with E-state index in [9.17, 15) is 0 Å². The summed E-state index contributed by atoms with van der Waals surface area (Å²) >= 11 is 7.39. The zero-order valence-corrected chi connectivity index (χ0v) is 10.3. The molecule has 0 aliphatic carbocycles. The standard InChI is InChI=1S/C12H11ClN2S/c1-8-2-4-10(5-3-8)16-12-7-9(14)6-11(13)15-12/h2-7H,1H3,(H2,14,15). The highest BCUT2D eigenvalue weighted by atomic mass is 35.5. The Bertz CT molecular complexity index is 477. The van der Waals surface area contributed by atoms with E-state index in [0.29, 0.717) is 10.8 Å². The third-order valence-corrected chi connectivity index (χ3v) is 3.16. The summed E-state index contributed by atoms with van der Waals surface area (Å²) < 4.78 is 0. The van der Waals surface area contributed by atoms with E-state index in [4.69, 9.17) is 17.3 Å². The lowest BCUT2D eigenvalue weighted by Gasteiger charge is -2.03. The summed E-state index contributed by atoms with van der Waals surface area (Å²) in [5.41, 5.74) is 7.57. The van der Waals surface area contributed by atoms with E-state index < -0.39 is 0 Å². The molecule has 1 aromatic carbocycles. The molecule has 0 aliphatic rings. The Labute approximate surface area is 104 Å². The Morgan fingerprint density at radius 2 is 1.88 bits per heavy atom. The molecule has 0 fully saturated rings. The lowest BCUT2D eigenvalue weighted by atomic mass is 10.2. The second-order valence-corrected chi connectivity index (χ2v) is 4.96. The average molecular weight is 251 g/mol. The minimum atomic E-state index is 0.426. The van der Waals surface area contributed by atoms with Crippen LogP contribution in [0.15, 0.2) is 46.3 Å². The van der Waals surface area contributed by atoms with Crippen LogP contribution in [0.4, 0.5) is 5.69 Å². The number of nitrogen functional groups attached to an aromatic ring is 1. The number of aryl methyl sites for hydroxylation is 1. The van der Waals surface area contributed by atoms with Gasteiger partial charge in [0, 0.05) is 10.6 Å². The summed E-state index contributed by atoms with van der Waals surface area (Å²) in [4.78, 5) is 5.32. The van der Waals surface area contributed by atoms with Crippen LogP contribution in [0.2, 0.25) is 5.15 Å². The molecule has 0 spiro atoms. The molecule has 0 aliphatic heterocycles. The highest BCUT2D eigenvalue weighted by molar-refractivity contribution is 7.99. The molecule has 0 saturated carbocycles. The van der Waals surface area contributed by atoms with Gasteiger partial charge in [-0.05, 0) is 31.2 Å². The van der Waals surface area contributed by atoms with Gasteiger partial charge < -0.3 is 5.73 Å². The molecule has 0 saturated heterocycles. The number of halogens is 1. The van der Waals surface area contributed by atoms with Crippen molar-refractivity contribution < 1.29 is 0 Å². The number of hydrogen-bond acceptors (Lipinski definition) is 3. The summed E-state index contributed by atoms with van der Waals surface area (Å²) in [6, 6.07) is 11.7. The van der Waals surface area contributed by atoms with E-state index in [1.54, 1.807) is 17.8 Å². The lowest BCUT2D eigenvalue weighted by Crippen LogP contribution is -1.88. The summed E-state index contributed by atoms with van der Waals surface area (Å²) in [5, 5.41) is 1.24. The number of rotatable bonds is 2. The first kappa shape index (κ1) is 11.3. The monoisotopic (exact) mass is 250 g/mol. The van der Waals surface area contributed by atoms with Crippen LogP contribution in [-0.4, -0.2) is 4.98 Å². The molecular formula is C12H11ClN2S. The van der Waals surface area contributed by atoms with Gasteiger partial charge in [0.05, 0.1) is 0 Å². The minimum absolute atomic E-state index is 0.426. The first-order valence-electron chi connectivity index (χ1n) is 4.81. The summed E-state index contributed by atoms with van der Waals surface area (Å²) in [5.74, 6) is 0. The molecule has 0 bridgehead atoms.